The molecule has 1 atom stereocenters. The van der Waals surface area contributed by atoms with Crippen LogP contribution in [0, 0.1) is 10.1 Å². The Balaban J connectivity index is 1.72. The van der Waals surface area contributed by atoms with Crippen molar-refractivity contribution in [3.05, 3.63) is 39.8 Å². The van der Waals surface area contributed by atoms with Crippen LogP contribution in [0.25, 0.3) is 11.3 Å². The minimum absolute atomic E-state index is 0.0509. The van der Waals surface area contributed by atoms with Gasteiger partial charge in [-0.05, 0) is 17.3 Å². The molecule has 1 N–H and O–H groups in total. The Morgan fingerprint density at radius 3 is 2.79 bits per heavy atom. The highest BCUT2D eigenvalue weighted by Gasteiger charge is 2.21. The van der Waals surface area contributed by atoms with Crippen LogP contribution in [0.1, 0.15) is 0 Å². The number of oxime groups is 1. The van der Waals surface area contributed by atoms with Crippen molar-refractivity contribution in [3.8, 4) is 11.3 Å². The van der Waals surface area contributed by atoms with Crippen LogP contribution >= 0.6 is 24.0 Å². The zero-order valence-corrected chi connectivity index (χ0v) is 14.1. The van der Waals surface area contributed by atoms with Gasteiger partial charge in [0.25, 0.3) is 5.69 Å². The number of non-ortho nitro benzene ring substituents is 1. The highest BCUT2D eigenvalue weighted by atomic mass is 32.1. The van der Waals surface area contributed by atoms with Crippen molar-refractivity contribution < 1.29 is 14.5 Å². The molecule has 8 nitrogen and oxygen atoms in total. The topological polar surface area (TPSA) is 98.9 Å². The molecule has 24 heavy (non-hydrogen) atoms. The molecule has 126 valence electrons. The molecule has 1 aromatic carbocycles. The first-order chi connectivity index (χ1) is 11.7. The first-order valence-electron chi connectivity index (χ1n) is 7.08. The maximum absolute atomic E-state index is 10.7. The predicted octanol–water partition coefficient (Wildman–Crippen LogP) is 2.79. The van der Waals surface area contributed by atoms with Gasteiger partial charge in [0.15, 0.2) is 11.7 Å². The number of aromatic nitrogens is 1. The Labute approximate surface area is 147 Å². The van der Waals surface area contributed by atoms with Crippen LogP contribution in [0.3, 0.4) is 0 Å². The van der Waals surface area contributed by atoms with Crippen molar-refractivity contribution in [2.24, 2.45) is 5.16 Å². The summed E-state index contributed by atoms with van der Waals surface area (Å²) in [4.78, 5) is 19.8. The van der Waals surface area contributed by atoms with Gasteiger partial charge in [0.1, 0.15) is 12.6 Å². The van der Waals surface area contributed by atoms with E-state index in [1.54, 1.807) is 12.1 Å². The number of hydrogen-bond donors (Lipinski definition) is 2. The average molecular weight is 366 g/mol. The third-order valence-electron chi connectivity index (χ3n) is 3.24. The van der Waals surface area contributed by atoms with E-state index < -0.39 is 4.92 Å². The second kappa shape index (κ2) is 7.49. The zero-order valence-electron chi connectivity index (χ0n) is 12.4. The van der Waals surface area contributed by atoms with Gasteiger partial charge in [-0.25, -0.2) is 4.98 Å². The second-order valence-corrected chi connectivity index (χ2v) is 6.06. The average Bonchev–Trinajstić information content (AvgIpc) is 3.09. The molecule has 0 saturated heterocycles. The largest absolute Gasteiger partial charge is 0.473 e. The Morgan fingerprint density at radius 2 is 2.17 bits per heavy atom. The van der Waals surface area contributed by atoms with E-state index in [1.165, 1.54) is 23.5 Å². The van der Waals surface area contributed by atoms with E-state index in [2.05, 4.69) is 28.1 Å². The number of nitro benzene ring substituents is 1. The van der Waals surface area contributed by atoms with E-state index in [9.17, 15) is 10.1 Å². The zero-order chi connectivity index (χ0) is 16.9. The first-order valence-corrected chi connectivity index (χ1v) is 8.59. The van der Waals surface area contributed by atoms with E-state index in [4.69, 9.17) is 9.57 Å². The number of benzene rings is 1. The molecule has 2 aromatic rings. The number of hydrogen-bond acceptors (Lipinski definition) is 9. The van der Waals surface area contributed by atoms with Crippen LogP contribution in [0.2, 0.25) is 0 Å². The van der Waals surface area contributed by atoms with Gasteiger partial charge in [-0.3, -0.25) is 10.1 Å². The molecular formula is C14H14N4O4S2. The molecule has 0 unspecified atom stereocenters. The summed E-state index contributed by atoms with van der Waals surface area (Å²) in [5.74, 6) is 0.914. The van der Waals surface area contributed by atoms with E-state index >= 15 is 0 Å². The lowest BCUT2D eigenvalue weighted by Gasteiger charge is -2.20. The van der Waals surface area contributed by atoms with Crippen LogP contribution in [-0.2, 0) is 9.57 Å². The number of thiol groups is 1. The van der Waals surface area contributed by atoms with Gasteiger partial charge in [0.05, 0.1) is 10.6 Å². The number of rotatable bonds is 6. The van der Waals surface area contributed by atoms with Crippen molar-refractivity contribution in [1.82, 2.24) is 4.98 Å². The summed E-state index contributed by atoms with van der Waals surface area (Å²) in [5, 5.41) is 20.3. The van der Waals surface area contributed by atoms with Crippen LogP contribution < -0.4 is 5.32 Å². The van der Waals surface area contributed by atoms with Crippen molar-refractivity contribution in [3.63, 3.8) is 0 Å². The van der Waals surface area contributed by atoms with E-state index in [-0.39, 0.29) is 11.7 Å². The van der Waals surface area contributed by atoms with Gasteiger partial charge in [-0.2, -0.15) is 12.6 Å². The van der Waals surface area contributed by atoms with Crippen LogP contribution in [-0.4, -0.2) is 40.8 Å². The van der Waals surface area contributed by atoms with Crippen molar-refractivity contribution >= 4 is 40.7 Å². The fourth-order valence-electron chi connectivity index (χ4n) is 2.04. The molecule has 0 radical (unpaired) electrons. The third kappa shape index (κ3) is 3.77. The quantitative estimate of drug-likeness (QED) is 0.463. The fraction of sp³-hybridized carbons (Fsp3) is 0.286. The lowest BCUT2D eigenvalue weighted by atomic mass is 10.1. The molecule has 1 aliphatic heterocycles. The molecule has 0 bridgehead atoms. The summed E-state index contributed by atoms with van der Waals surface area (Å²) in [6.07, 6.45) is 0. The summed E-state index contributed by atoms with van der Waals surface area (Å²) < 4.78 is 5.46. The maximum Gasteiger partial charge on any atom is 0.269 e. The number of nitro groups is 1. The molecule has 0 spiro atoms. The Kier molecular flexibility index (Phi) is 5.16. The van der Waals surface area contributed by atoms with Gasteiger partial charge in [-0.15, -0.1) is 11.3 Å². The SMILES string of the molecule is O=[N+]([O-])c1ccc(-c2csc(N[C@@H](CS)C3=NOCCO3)n2)cc1. The highest BCUT2D eigenvalue weighted by molar-refractivity contribution is 7.80. The molecule has 0 amide bonds. The van der Waals surface area contributed by atoms with Crippen LogP contribution in [0.5, 0.6) is 0 Å². The number of ether oxygens (including phenoxy) is 1. The molecule has 10 heteroatoms. The second-order valence-electron chi connectivity index (χ2n) is 4.83. The van der Waals surface area contributed by atoms with Gasteiger partial charge >= 0.3 is 0 Å². The Morgan fingerprint density at radius 1 is 1.38 bits per heavy atom. The minimum atomic E-state index is -0.429. The van der Waals surface area contributed by atoms with Crippen molar-refractivity contribution in [1.29, 1.82) is 0 Å². The van der Waals surface area contributed by atoms with Gasteiger partial charge in [0.2, 0.25) is 5.90 Å². The first kappa shape index (κ1) is 16.5. The van der Waals surface area contributed by atoms with E-state index in [0.717, 1.165) is 11.3 Å². The molecule has 0 aliphatic carbocycles. The number of anilines is 1. The molecular weight excluding hydrogens is 352 g/mol. The minimum Gasteiger partial charge on any atom is -0.473 e. The standard InChI is InChI=1S/C14H14N4O4S2/c19-18(20)10-3-1-9(2-4-10)12-8-24-14(16-12)15-11(7-23)13-17-22-6-5-21-13/h1-4,8,11,23H,5-7H2,(H,15,16)/t11-/m0/s1. The normalized spacial score (nSPS) is 15.0. The summed E-state index contributed by atoms with van der Waals surface area (Å²) in [6.45, 7) is 0.890. The summed E-state index contributed by atoms with van der Waals surface area (Å²) in [7, 11) is 0. The number of nitrogens with one attached hydrogen (secondary N) is 1. The molecule has 1 aromatic heterocycles. The summed E-state index contributed by atoms with van der Waals surface area (Å²) in [5.41, 5.74) is 1.59. The highest BCUT2D eigenvalue weighted by Crippen LogP contribution is 2.27. The van der Waals surface area contributed by atoms with Gasteiger partial charge < -0.3 is 14.9 Å². The van der Waals surface area contributed by atoms with Crippen molar-refractivity contribution in [2.75, 3.05) is 24.3 Å². The van der Waals surface area contributed by atoms with E-state index in [0.29, 0.717) is 30.0 Å². The lowest BCUT2D eigenvalue weighted by Crippen LogP contribution is -2.36. The molecule has 0 saturated carbocycles. The Bertz CT molecular complexity index is 747. The number of thiazole rings is 1. The number of nitrogens with zero attached hydrogens (tertiary/aromatic N) is 3. The molecule has 0 fully saturated rings. The predicted molar refractivity (Wildman–Crippen MR) is 94.8 cm³/mol. The maximum atomic E-state index is 10.7. The molecule has 3 rings (SSSR count). The molecule has 2 heterocycles. The smallest absolute Gasteiger partial charge is 0.269 e. The van der Waals surface area contributed by atoms with Gasteiger partial charge in [-0.1, -0.05) is 0 Å². The monoisotopic (exact) mass is 366 g/mol. The fourth-order valence-corrected chi connectivity index (χ4v) is 3.07. The Hall–Kier alpha value is -2.33. The van der Waals surface area contributed by atoms with Crippen molar-refractivity contribution in [2.45, 2.75) is 6.04 Å². The van der Waals surface area contributed by atoms with Gasteiger partial charge in [0, 0.05) is 28.8 Å². The van der Waals surface area contributed by atoms with Crippen LogP contribution in [0.4, 0.5) is 10.8 Å². The van der Waals surface area contributed by atoms with Crippen LogP contribution in [0.15, 0.2) is 34.8 Å². The van der Waals surface area contributed by atoms with E-state index in [1.807, 2.05) is 5.38 Å². The third-order valence-corrected chi connectivity index (χ3v) is 4.37. The summed E-state index contributed by atoms with van der Waals surface area (Å²) in [6, 6.07) is 6.02. The lowest BCUT2D eigenvalue weighted by molar-refractivity contribution is -0.384. The molecule has 1 aliphatic rings. The summed E-state index contributed by atoms with van der Waals surface area (Å²) >= 11 is 5.72.